The van der Waals surface area contributed by atoms with Crippen molar-refractivity contribution >= 4 is 17.4 Å². The monoisotopic (exact) mass is 375 g/mol. The molecule has 8 nitrogen and oxygen atoms in total. The minimum absolute atomic E-state index is 0.0321. The zero-order valence-corrected chi connectivity index (χ0v) is 16.0. The summed E-state index contributed by atoms with van der Waals surface area (Å²) in [6, 6.07) is 15.5. The van der Waals surface area contributed by atoms with Crippen LogP contribution in [-0.2, 0) is 16.8 Å². The molecular weight excluding hydrogens is 354 g/mol. The van der Waals surface area contributed by atoms with E-state index in [1.165, 1.54) is 4.80 Å². The number of pyridine rings is 1. The van der Waals surface area contributed by atoms with Crippen molar-refractivity contribution in [1.82, 2.24) is 29.6 Å². The first-order chi connectivity index (χ1) is 13.4. The minimum atomic E-state index is -0.288. The molecule has 1 N–H and O–H groups in total. The molecule has 0 saturated carbocycles. The van der Waals surface area contributed by atoms with Gasteiger partial charge in [0.05, 0.1) is 12.0 Å². The summed E-state index contributed by atoms with van der Waals surface area (Å²) in [7, 11) is 0. The van der Waals surface area contributed by atoms with Gasteiger partial charge in [-0.2, -0.15) is 4.80 Å². The lowest BCUT2D eigenvalue weighted by Crippen LogP contribution is -2.25. The van der Waals surface area contributed by atoms with Gasteiger partial charge in [0.15, 0.2) is 5.82 Å². The molecule has 3 heterocycles. The third-order valence-corrected chi connectivity index (χ3v) is 4.21. The number of nitrogens with zero attached hydrogens (tertiary/aromatic N) is 6. The number of hydrogen-bond donors (Lipinski definition) is 1. The number of amides is 1. The van der Waals surface area contributed by atoms with Gasteiger partial charge in [-0.05, 0) is 38.1 Å². The van der Waals surface area contributed by atoms with Crippen LogP contribution in [0.2, 0.25) is 0 Å². The Hall–Kier alpha value is -3.55. The zero-order chi connectivity index (χ0) is 19.7. The Morgan fingerprint density at radius 1 is 1.07 bits per heavy atom. The highest BCUT2D eigenvalue weighted by molar-refractivity contribution is 5.95. The number of carbonyl (C=O) groups excluding carboxylic acids is 1. The van der Waals surface area contributed by atoms with Crippen LogP contribution in [0.3, 0.4) is 0 Å². The molecule has 0 unspecified atom stereocenters. The number of tetrazole rings is 1. The number of carbonyl (C=O) groups is 1. The minimum Gasteiger partial charge on any atom is -0.310 e. The van der Waals surface area contributed by atoms with Crippen LogP contribution in [0.4, 0.5) is 5.82 Å². The van der Waals surface area contributed by atoms with Crippen molar-refractivity contribution in [3.63, 3.8) is 0 Å². The van der Waals surface area contributed by atoms with E-state index in [9.17, 15) is 4.79 Å². The molecule has 4 rings (SSSR count). The summed E-state index contributed by atoms with van der Waals surface area (Å²) >= 11 is 0. The first-order valence-electron chi connectivity index (χ1n) is 9.03. The summed E-state index contributed by atoms with van der Waals surface area (Å²) in [5.41, 5.74) is 2.11. The Morgan fingerprint density at radius 3 is 2.54 bits per heavy atom. The maximum absolute atomic E-state index is 12.7. The molecule has 0 aliphatic rings. The Morgan fingerprint density at radius 2 is 1.82 bits per heavy atom. The number of nitrogens with one attached hydrogen (secondary N) is 1. The molecular formula is C20H21N7O. The fourth-order valence-electron chi connectivity index (χ4n) is 2.83. The van der Waals surface area contributed by atoms with Crippen LogP contribution < -0.4 is 5.32 Å². The van der Waals surface area contributed by atoms with Gasteiger partial charge in [0.25, 0.3) is 0 Å². The number of hydrogen-bond acceptors (Lipinski definition) is 5. The van der Waals surface area contributed by atoms with E-state index in [-0.39, 0.29) is 17.9 Å². The highest BCUT2D eigenvalue weighted by Gasteiger charge is 2.20. The van der Waals surface area contributed by atoms with Gasteiger partial charge in [0.2, 0.25) is 5.91 Å². The molecule has 4 aromatic rings. The third-order valence-electron chi connectivity index (χ3n) is 4.21. The van der Waals surface area contributed by atoms with Crippen molar-refractivity contribution in [2.45, 2.75) is 32.7 Å². The lowest BCUT2D eigenvalue weighted by molar-refractivity contribution is -0.115. The quantitative estimate of drug-likeness (QED) is 0.592. The standard InChI is InChI=1S/C20H21N7O/c1-20(2,3)27-24-15(23-25-27)13-17(28)22-19-18(14-9-5-4-6-10-14)21-16-11-7-8-12-26(16)19/h4-12H,13H2,1-3H3,(H,22,28). The van der Waals surface area contributed by atoms with E-state index in [0.717, 1.165) is 11.2 Å². The van der Waals surface area contributed by atoms with Crippen LogP contribution in [-0.4, -0.2) is 35.5 Å². The van der Waals surface area contributed by atoms with Crippen LogP contribution in [0.15, 0.2) is 54.7 Å². The molecule has 0 aliphatic carbocycles. The summed E-state index contributed by atoms with van der Waals surface area (Å²) in [4.78, 5) is 18.9. The first kappa shape index (κ1) is 17.8. The molecule has 28 heavy (non-hydrogen) atoms. The van der Waals surface area contributed by atoms with E-state index in [4.69, 9.17) is 0 Å². The highest BCUT2D eigenvalue weighted by Crippen LogP contribution is 2.28. The topological polar surface area (TPSA) is 90.0 Å². The number of fused-ring (bicyclic) bond motifs is 1. The van der Waals surface area contributed by atoms with Crippen molar-refractivity contribution < 1.29 is 4.79 Å². The summed E-state index contributed by atoms with van der Waals surface area (Å²) in [6.45, 7) is 5.93. The molecule has 0 bridgehead atoms. The summed E-state index contributed by atoms with van der Waals surface area (Å²) in [5.74, 6) is 0.772. The molecule has 0 aliphatic heterocycles. The molecule has 1 amide bonds. The van der Waals surface area contributed by atoms with Gasteiger partial charge < -0.3 is 5.32 Å². The van der Waals surface area contributed by atoms with Gasteiger partial charge in [-0.25, -0.2) is 4.98 Å². The second-order valence-corrected chi connectivity index (χ2v) is 7.49. The second kappa shape index (κ2) is 6.88. The van der Waals surface area contributed by atoms with E-state index < -0.39 is 0 Å². The zero-order valence-electron chi connectivity index (χ0n) is 16.0. The number of benzene rings is 1. The predicted octanol–water partition coefficient (Wildman–Crippen LogP) is 2.92. The molecule has 1 aromatic carbocycles. The maximum Gasteiger partial charge on any atom is 0.233 e. The molecule has 8 heteroatoms. The SMILES string of the molecule is CC(C)(C)n1nnc(CC(=O)Nc2c(-c3ccccc3)nc3ccccn23)n1. The number of rotatable bonds is 4. The van der Waals surface area contributed by atoms with Crippen LogP contribution >= 0.6 is 0 Å². The number of aromatic nitrogens is 6. The first-order valence-corrected chi connectivity index (χ1v) is 9.03. The average Bonchev–Trinajstić information content (AvgIpc) is 3.28. The second-order valence-electron chi connectivity index (χ2n) is 7.49. The molecule has 0 saturated heterocycles. The maximum atomic E-state index is 12.7. The predicted molar refractivity (Wildman–Crippen MR) is 106 cm³/mol. The molecule has 3 aromatic heterocycles. The Bertz CT molecular complexity index is 1120. The highest BCUT2D eigenvalue weighted by atomic mass is 16.1. The average molecular weight is 375 g/mol. The van der Waals surface area contributed by atoms with E-state index in [1.807, 2.05) is 79.9 Å². The largest absolute Gasteiger partial charge is 0.310 e. The molecule has 0 fully saturated rings. The van der Waals surface area contributed by atoms with Gasteiger partial charge in [-0.15, -0.1) is 10.2 Å². The van der Waals surface area contributed by atoms with Crippen molar-refractivity contribution in [2.75, 3.05) is 5.32 Å². The number of anilines is 1. The normalized spacial score (nSPS) is 11.7. The van der Waals surface area contributed by atoms with E-state index in [1.54, 1.807) is 0 Å². The lowest BCUT2D eigenvalue weighted by atomic mass is 10.1. The Balaban J connectivity index is 1.64. The van der Waals surface area contributed by atoms with E-state index in [2.05, 4.69) is 25.7 Å². The molecule has 0 radical (unpaired) electrons. The molecule has 142 valence electrons. The third kappa shape index (κ3) is 3.48. The summed E-state index contributed by atoms with van der Waals surface area (Å²) in [6.07, 6.45) is 1.91. The van der Waals surface area contributed by atoms with E-state index >= 15 is 0 Å². The van der Waals surface area contributed by atoms with Gasteiger partial charge in [0, 0.05) is 11.8 Å². The van der Waals surface area contributed by atoms with Gasteiger partial charge in [-0.1, -0.05) is 36.4 Å². The molecule has 0 spiro atoms. The van der Waals surface area contributed by atoms with Gasteiger partial charge >= 0.3 is 0 Å². The van der Waals surface area contributed by atoms with Crippen LogP contribution in [0, 0.1) is 0 Å². The van der Waals surface area contributed by atoms with Gasteiger partial charge in [-0.3, -0.25) is 9.20 Å². The summed E-state index contributed by atoms with van der Waals surface area (Å²) < 4.78 is 1.86. The van der Waals surface area contributed by atoms with E-state index in [0.29, 0.717) is 17.3 Å². The number of imidazole rings is 1. The summed E-state index contributed by atoms with van der Waals surface area (Å²) in [5, 5.41) is 15.3. The Labute approximate surface area is 162 Å². The van der Waals surface area contributed by atoms with Crippen LogP contribution in [0.25, 0.3) is 16.9 Å². The van der Waals surface area contributed by atoms with Crippen LogP contribution in [0.5, 0.6) is 0 Å². The molecule has 0 atom stereocenters. The van der Waals surface area contributed by atoms with Crippen molar-refractivity contribution in [2.24, 2.45) is 0 Å². The van der Waals surface area contributed by atoms with Crippen molar-refractivity contribution in [3.05, 3.63) is 60.6 Å². The van der Waals surface area contributed by atoms with Crippen molar-refractivity contribution in [3.8, 4) is 11.3 Å². The van der Waals surface area contributed by atoms with Gasteiger partial charge in [0.1, 0.15) is 17.2 Å². The lowest BCUT2D eigenvalue weighted by Gasteiger charge is -2.15. The van der Waals surface area contributed by atoms with Crippen molar-refractivity contribution in [1.29, 1.82) is 0 Å². The fourth-order valence-corrected chi connectivity index (χ4v) is 2.83. The fraction of sp³-hybridized carbons (Fsp3) is 0.250. The van der Waals surface area contributed by atoms with Crippen LogP contribution in [0.1, 0.15) is 26.6 Å². The smallest absolute Gasteiger partial charge is 0.233 e. The Kier molecular flexibility index (Phi) is 4.38.